The number of likely N-dealkylation sites (tertiary alicyclic amines) is 1. The Morgan fingerprint density at radius 2 is 1.90 bits per heavy atom. The monoisotopic (exact) mass is 421 g/mol. The molecule has 1 aliphatic heterocycles. The Kier molecular flexibility index (Phi) is 4.67. The second-order valence-electron chi connectivity index (χ2n) is 7.42. The van der Waals surface area contributed by atoms with Gasteiger partial charge in [0.25, 0.3) is 0 Å². The van der Waals surface area contributed by atoms with Gasteiger partial charge < -0.3 is 9.88 Å². The number of carbonyl (C=O) groups is 1. The third-order valence-corrected chi connectivity index (χ3v) is 5.95. The van der Waals surface area contributed by atoms with Crippen LogP contribution < -0.4 is 5.69 Å². The molecule has 5 rings (SSSR count). The zero-order chi connectivity index (χ0) is 20.7. The van der Waals surface area contributed by atoms with E-state index in [1.54, 1.807) is 12.2 Å². The van der Waals surface area contributed by atoms with Crippen molar-refractivity contribution in [2.24, 2.45) is 0 Å². The van der Waals surface area contributed by atoms with Gasteiger partial charge in [-0.3, -0.25) is 13.8 Å². The standard InChI is InChI=1S/C22H20ClN5O2/c23-21-18(27-12-4-3-7-19(27)25-21)8-9-20(29)26-13-10-15(11-14-26)28-17-6-2-1-5-16(17)24-22(28)30/h1-9,12,15H,10-11,13-14H2,(H,24,30). The molecule has 1 aliphatic rings. The van der Waals surface area contributed by atoms with Gasteiger partial charge in [0.05, 0.1) is 16.7 Å². The Morgan fingerprint density at radius 1 is 1.13 bits per heavy atom. The van der Waals surface area contributed by atoms with Gasteiger partial charge in [0, 0.05) is 31.4 Å². The number of aromatic nitrogens is 4. The molecule has 3 aromatic heterocycles. The molecule has 152 valence electrons. The molecular formula is C22H20ClN5O2. The van der Waals surface area contributed by atoms with Gasteiger partial charge in [-0.15, -0.1) is 0 Å². The second kappa shape index (κ2) is 7.50. The lowest BCUT2D eigenvalue weighted by Crippen LogP contribution is -2.39. The third kappa shape index (κ3) is 3.21. The summed E-state index contributed by atoms with van der Waals surface area (Å²) in [6.07, 6.45) is 6.58. The van der Waals surface area contributed by atoms with E-state index in [4.69, 9.17) is 11.6 Å². The van der Waals surface area contributed by atoms with Crippen molar-refractivity contribution < 1.29 is 4.79 Å². The number of halogens is 1. The fraction of sp³-hybridized carbons (Fsp3) is 0.227. The first-order chi connectivity index (χ1) is 14.6. The highest BCUT2D eigenvalue weighted by atomic mass is 35.5. The van der Waals surface area contributed by atoms with Crippen LogP contribution >= 0.6 is 11.6 Å². The molecule has 0 unspecified atom stereocenters. The Labute approximate surface area is 177 Å². The number of amides is 1. The maximum atomic E-state index is 12.7. The molecule has 0 saturated carbocycles. The largest absolute Gasteiger partial charge is 0.339 e. The van der Waals surface area contributed by atoms with Gasteiger partial charge in [0.2, 0.25) is 5.91 Å². The predicted octanol–water partition coefficient (Wildman–Crippen LogP) is 3.51. The summed E-state index contributed by atoms with van der Waals surface area (Å²) >= 11 is 6.23. The van der Waals surface area contributed by atoms with Crippen LogP contribution in [0.1, 0.15) is 24.6 Å². The summed E-state index contributed by atoms with van der Waals surface area (Å²) in [7, 11) is 0. The molecule has 4 heterocycles. The van der Waals surface area contributed by atoms with Crippen LogP contribution in [0.25, 0.3) is 22.8 Å². The lowest BCUT2D eigenvalue weighted by molar-refractivity contribution is -0.127. The molecule has 4 aromatic rings. The molecule has 1 amide bonds. The molecule has 1 N–H and O–H groups in total. The lowest BCUT2D eigenvalue weighted by atomic mass is 10.0. The zero-order valence-corrected chi connectivity index (χ0v) is 16.9. The quantitative estimate of drug-likeness (QED) is 0.514. The number of fused-ring (bicyclic) bond motifs is 2. The number of imidazole rings is 2. The number of H-pyrrole nitrogens is 1. The number of hydrogen-bond acceptors (Lipinski definition) is 3. The third-order valence-electron chi connectivity index (χ3n) is 5.67. The molecule has 1 saturated heterocycles. The Morgan fingerprint density at radius 3 is 2.73 bits per heavy atom. The molecule has 7 nitrogen and oxygen atoms in total. The van der Waals surface area contributed by atoms with E-state index in [0.717, 1.165) is 29.5 Å². The number of carbonyl (C=O) groups excluding carboxylic acids is 1. The molecule has 0 aliphatic carbocycles. The molecule has 0 spiro atoms. The normalized spacial score (nSPS) is 15.6. The summed E-state index contributed by atoms with van der Waals surface area (Å²) < 4.78 is 3.67. The molecule has 0 radical (unpaired) electrons. The first-order valence-corrected chi connectivity index (χ1v) is 10.3. The van der Waals surface area contributed by atoms with Gasteiger partial charge in [-0.25, -0.2) is 9.78 Å². The van der Waals surface area contributed by atoms with Gasteiger partial charge >= 0.3 is 5.69 Å². The van der Waals surface area contributed by atoms with Crippen molar-refractivity contribution in [1.29, 1.82) is 0 Å². The number of pyridine rings is 1. The van der Waals surface area contributed by atoms with Crippen molar-refractivity contribution in [3.8, 4) is 0 Å². The van der Waals surface area contributed by atoms with Crippen molar-refractivity contribution in [2.45, 2.75) is 18.9 Å². The molecule has 30 heavy (non-hydrogen) atoms. The highest BCUT2D eigenvalue weighted by molar-refractivity contribution is 6.31. The van der Waals surface area contributed by atoms with Gasteiger partial charge in [0.15, 0.2) is 5.15 Å². The van der Waals surface area contributed by atoms with Crippen LogP contribution in [0, 0.1) is 0 Å². The number of para-hydroxylation sites is 2. The fourth-order valence-electron chi connectivity index (χ4n) is 4.17. The minimum absolute atomic E-state index is 0.0679. The molecule has 8 heteroatoms. The van der Waals surface area contributed by atoms with Crippen LogP contribution in [-0.2, 0) is 4.79 Å². The van der Waals surface area contributed by atoms with E-state index in [9.17, 15) is 9.59 Å². The van der Waals surface area contributed by atoms with Crippen LogP contribution in [0.5, 0.6) is 0 Å². The molecule has 1 fully saturated rings. The summed E-state index contributed by atoms with van der Waals surface area (Å²) in [5.74, 6) is -0.0679. The van der Waals surface area contributed by atoms with Crippen molar-refractivity contribution in [3.05, 3.63) is 76.1 Å². The van der Waals surface area contributed by atoms with Crippen LogP contribution in [0.2, 0.25) is 5.15 Å². The van der Waals surface area contributed by atoms with Gasteiger partial charge in [-0.05, 0) is 43.2 Å². The fourth-order valence-corrected chi connectivity index (χ4v) is 4.41. The van der Waals surface area contributed by atoms with Crippen molar-refractivity contribution in [2.75, 3.05) is 13.1 Å². The number of piperidine rings is 1. The predicted molar refractivity (Wildman–Crippen MR) is 117 cm³/mol. The van der Waals surface area contributed by atoms with Crippen LogP contribution in [0.3, 0.4) is 0 Å². The molecule has 0 atom stereocenters. The number of benzene rings is 1. The first kappa shape index (κ1) is 18.7. The van der Waals surface area contributed by atoms with Crippen LogP contribution in [-0.4, -0.2) is 42.8 Å². The van der Waals surface area contributed by atoms with Gasteiger partial charge in [0.1, 0.15) is 5.65 Å². The highest BCUT2D eigenvalue weighted by Gasteiger charge is 2.25. The summed E-state index contributed by atoms with van der Waals surface area (Å²) in [6, 6.07) is 13.4. The van der Waals surface area contributed by atoms with E-state index in [2.05, 4.69) is 9.97 Å². The second-order valence-corrected chi connectivity index (χ2v) is 7.78. The van der Waals surface area contributed by atoms with E-state index >= 15 is 0 Å². The summed E-state index contributed by atoms with van der Waals surface area (Å²) in [4.78, 5) is 34.1. The van der Waals surface area contributed by atoms with Crippen molar-refractivity contribution in [3.63, 3.8) is 0 Å². The first-order valence-electron chi connectivity index (χ1n) is 9.90. The topological polar surface area (TPSA) is 75.4 Å². The van der Waals surface area contributed by atoms with Crippen molar-refractivity contribution in [1.82, 2.24) is 23.8 Å². The van der Waals surface area contributed by atoms with Gasteiger partial charge in [-0.1, -0.05) is 29.8 Å². The van der Waals surface area contributed by atoms with E-state index in [0.29, 0.717) is 23.9 Å². The number of nitrogens with zero attached hydrogens (tertiary/aromatic N) is 4. The van der Waals surface area contributed by atoms with E-state index < -0.39 is 0 Å². The minimum Gasteiger partial charge on any atom is -0.339 e. The smallest absolute Gasteiger partial charge is 0.326 e. The van der Waals surface area contributed by atoms with Crippen LogP contribution in [0.15, 0.2) is 59.5 Å². The molecule has 0 bridgehead atoms. The zero-order valence-electron chi connectivity index (χ0n) is 16.2. The molecule has 1 aromatic carbocycles. The summed E-state index contributed by atoms with van der Waals surface area (Å²) in [5, 5.41) is 0.364. The maximum Gasteiger partial charge on any atom is 0.326 e. The number of aromatic amines is 1. The van der Waals surface area contributed by atoms with E-state index in [1.165, 1.54) is 0 Å². The van der Waals surface area contributed by atoms with Gasteiger partial charge in [-0.2, -0.15) is 0 Å². The van der Waals surface area contributed by atoms with Crippen molar-refractivity contribution >= 4 is 40.3 Å². The van der Waals surface area contributed by atoms with E-state index in [1.807, 2.05) is 62.5 Å². The minimum atomic E-state index is -0.0943. The number of rotatable bonds is 3. The van der Waals surface area contributed by atoms with E-state index in [-0.39, 0.29) is 17.6 Å². The number of nitrogens with one attached hydrogen (secondary N) is 1. The Bertz CT molecular complexity index is 1320. The lowest BCUT2D eigenvalue weighted by Gasteiger charge is -2.32. The van der Waals surface area contributed by atoms with Crippen LogP contribution in [0.4, 0.5) is 0 Å². The maximum absolute atomic E-state index is 12.7. The Hall–Kier alpha value is -3.32. The highest BCUT2D eigenvalue weighted by Crippen LogP contribution is 2.25. The average Bonchev–Trinajstić information content (AvgIpc) is 3.27. The summed E-state index contributed by atoms with van der Waals surface area (Å²) in [6.45, 7) is 1.20. The Balaban J connectivity index is 1.30. The average molecular weight is 422 g/mol. The molecular weight excluding hydrogens is 402 g/mol. The summed E-state index contributed by atoms with van der Waals surface area (Å²) in [5.41, 5.74) is 3.08. The number of hydrogen-bond donors (Lipinski definition) is 1. The SMILES string of the molecule is O=C(C=Cc1c(Cl)nc2ccccn12)N1CCC(n2c(=O)[nH]c3ccccc32)CC1.